The molecule has 1 aliphatic rings. The Labute approximate surface area is 201 Å². The van der Waals surface area contributed by atoms with Gasteiger partial charge >= 0.3 is 0 Å². The first-order valence-corrected chi connectivity index (χ1v) is 12.4. The molecular weight excluding hydrogens is 420 g/mol. The third-order valence-corrected chi connectivity index (χ3v) is 6.24. The van der Waals surface area contributed by atoms with E-state index in [4.69, 9.17) is 0 Å². The van der Waals surface area contributed by atoms with Crippen molar-refractivity contribution in [3.63, 3.8) is 0 Å². The molecule has 5 nitrogen and oxygen atoms in total. The van der Waals surface area contributed by atoms with Gasteiger partial charge in [-0.2, -0.15) is 0 Å². The standard InChI is InChI=1S/C27H28N4O.C2H6/c32-25-16-26(30-22-12-6-2-7-13-22)31(23-14-8-3-9-15-23)27-20(17-28-19-24(25)27)18-29-21-10-4-1-5-11-21;1-2/h2-3,6-9,12-17,19,21,29-30H,1,4-5,10-11,18H2;1-2H3. The Balaban J connectivity index is 0.00000133. The lowest BCUT2D eigenvalue weighted by Gasteiger charge is -2.24. The zero-order chi connectivity index (χ0) is 23.8. The fraction of sp³-hybridized carbons (Fsp3) is 0.310. The van der Waals surface area contributed by atoms with Crippen LogP contribution in [0, 0.1) is 0 Å². The minimum absolute atomic E-state index is 0.0300. The van der Waals surface area contributed by atoms with Crippen molar-refractivity contribution in [1.82, 2.24) is 14.9 Å². The van der Waals surface area contributed by atoms with Gasteiger partial charge in [-0.15, -0.1) is 0 Å². The molecule has 1 fully saturated rings. The Hall–Kier alpha value is -3.44. The molecule has 5 rings (SSSR count). The molecule has 2 heterocycles. The quantitative estimate of drug-likeness (QED) is 0.346. The van der Waals surface area contributed by atoms with Crippen LogP contribution in [0.25, 0.3) is 16.6 Å². The molecule has 0 amide bonds. The Morgan fingerprint density at radius 3 is 2.29 bits per heavy atom. The van der Waals surface area contributed by atoms with Gasteiger partial charge < -0.3 is 10.6 Å². The van der Waals surface area contributed by atoms with E-state index >= 15 is 0 Å². The van der Waals surface area contributed by atoms with Crippen molar-refractivity contribution in [2.24, 2.45) is 0 Å². The van der Waals surface area contributed by atoms with Gasteiger partial charge in [0.2, 0.25) is 0 Å². The van der Waals surface area contributed by atoms with E-state index < -0.39 is 0 Å². The maximum atomic E-state index is 13.1. The largest absolute Gasteiger partial charge is 0.341 e. The fourth-order valence-electron chi connectivity index (χ4n) is 4.63. The van der Waals surface area contributed by atoms with Gasteiger partial charge in [0.15, 0.2) is 5.43 Å². The van der Waals surface area contributed by atoms with Gasteiger partial charge in [-0.05, 0) is 37.1 Å². The van der Waals surface area contributed by atoms with E-state index in [9.17, 15) is 4.79 Å². The second-order valence-corrected chi connectivity index (χ2v) is 8.47. The molecule has 5 heteroatoms. The van der Waals surface area contributed by atoms with Gasteiger partial charge in [0.05, 0.1) is 10.9 Å². The number of para-hydroxylation sites is 2. The highest BCUT2D eigenvalue weighted by Crippen LogP contribution is 2.27. The highest BCUT2D eigenvalue weighted by molar-refractivity contribution is 5.86. The van der Waals surface area contributed by atoms with Crippen LogP contribution in [0.2, 0.25) is 0 Å². The monoisotopic (exact) mass is 454 g/mol. The number of nitrogens with one attached hydrogen (secondary N) is 2. The Morgan fingerprint density at radius 1 is 0.912 bits per heavy atom. The molecule has 34 heavy (non-hydrogen) atoms. The number of anilines is 2. The maximum Gasteiger partial charge on any atom is 0.193 e. The first-order chi connectivity index (χ1) is 16.8. The van der Waals surface area contributed by atoms with Gasteiger partial charge in [0.25, 0.3) is 0 Å². The summed E-state index contributed by atoms with van der Waals surface area (Å²) in [6, 6.07) is 22.3. The topological polar surface area (TPSA) is 59.0 Å². The van der Waals surface area contributed by atoms with Crippen LogP contribution in [0.3, 0.4) is 0 Å². The maximum absolute atomic E-state index is 13.1. The third kappa shape index (κ3) is 5.37. The van der Waals surface area contributed by atoms with Crippen molar-refractivity contribution < 1.29 is 0 Å². The van der Waals surface area contributed by atoms with Crippen LogP contribution in [0.5, 0.6) is 0 Å². The average molecular weight is 455 g/mol. The molecular formula is C29H34N4O. The molecule has 1 saturated carbocycles. The van der Waals surface area contributed by atoms with Crippen molar-refractivity contribution in [3.8, 4) is 5.69 Å². The van der Waals surface area contributed by atoms with Crippen LogP contribution in [0.1, 0.15) is 51.5 Å². The first-order valence-electron chi connectivity index (χ1n) is 12.4. The molecule has 2 N–H and O–H groups in total. The molecule has 2 aromatic carbocycles. The van der Waals surface area contributed by atoms with Crippen LogP contribution in [-0.4, -0.2) is 15.6 Å². The molecule has 0 saturated heterocycles. The summed E-state index contributed by atoms with van der Waals surface area (Å²) >= 11 is 0. The van der Waals surface area contributed by atoms with Gasteiger partial charge in [-0.1, -0.05) is 69.5 Å². The normalized spacial score (nSPS) is 13.8. The van der Waals surface area contributed by atoms with Crippen molar-refractivity contribution in [1.29, 1.82) is 0 Å². The molecule has 0 aliphatic heterocycles. The molecule has 0 unspecified atom stereocenters. The summed E-state index contributed by atoms with van der Waals surface area (Å²) in [6.07, 6.45) is 9.90. The molecule has 0 atom stereocenters. The number of nitrogens with zero attached hydrogens (tertiary/aromatic N) is 2. The Morgan fingerprint density at radius 2 is 1.59 bits per heavy atom. The van der Waals surface area contributed by atoms with E-state index in [1.54, 1.807) is 12.3 Å². The molecule has 0 radical (unpaired) electrons. The molecule has 176 valence electrons. The van der Waals surface area contributed by atoms with Gasteiger partial charge in [-0.3, -0.25) is 14.3 Å². The number of fused-ring (bicyclic) bond motifs is 1. The Kier molecular flexibility index (Phi) is 8.10. The minimum Gasteiger partial charge on any atom is -0.341 e. The van der Waals surface area contributed by atoms with Crippen molar-refractivity contribution >= 4 is 22.4 Å². The summed E-state index contributed by atoms with van der Waals surface area (Å²) < 4.78 is 2.14. The van der Waals surface area contributed by atoms with E-state index in [2.05, 4.69) is 32.3 Å². The third-order valence-electron chi connectivity index (χ3n) is 6.24. The van der Waals surface area contributed by atoms with Crippen molar-refractivity contribution in [3.05, 3.63) is 94.9 Å². The van der Waals surface area contributed by atoms with Gasteiger partial charge in [0.1, 0.15) is 5.82 Å². The van der Waals surface area contributed by atoms with E-state index in [1.165, 1.54) is 32.1 Å². The van der Waals surface area contributed by atoms with Crippen LogP contribution in [0.15, 0.2) is 83.9 Å². The molecule has 4 aromatic rings. The van der Waals surface area contributed by atoms with Crippen LogP contribution in [-0.2, 0) is 6.54 Å². The summed E-state index contributed by atoms with van der Waals surface area (Å²) in [6.45, 7) is 4.69. The van der Waals surface area contributed by atoms with Crippen LogP contribution < -0.4 is 16.1 Å². The summed E-state index contributed by atoms with van der Waals surface area (Å²) in [7, 11) is 0. The fourth-order valence-corrected chi connectivity index (χ4v) is 4.63. The first kappa shape index (κ1) is 23.7. The van der Waals surface area contributed by atoms with Crippen molar-refractivity contribution in [2.75, 3.05) is 5.32 Å². The molecule has 1 aliphatic carbocycles. The zero-order valence-electron chi connectivity index (χ0n) is 20.1. The molecule has 0 bridgehead atoms. The molecule has 0 spiro atoms. The summed E-state index contributed by atoms with van der Waals surface area (Å²) in [4.78, 5) is 17.5. The number of hydrogen-bond donors (Lipinski definition) is 2. The summed E-state index contributed by atoms with van der Waals surface area (Å²) in [5.41, 5.74) is 3.84. The lowest BCUT2D eigenvalue weighted by Crippen LogP contribution is -2.30. The van der Waals surface area contributed by atoms with E-state index in [1.807, 2.05) is 68.6 Å². The lowest BCUT2D eigenvalue weighted by atomic mass is 9.95. The van der Waals surface area contributed by atoms with Crippen LogP contribution >= 0.6 is 0 Å². The minimum atomic E-state index is -0.0300. The lowest BCUT2D eigenvalue weighted by molar-refractivity contribution is 0.372. The van der Waals surface area contributed by atoms with E-state index in [-0.39, 0.29) is 5.43 Å². The van der Waals surface area contributed by atoms with Crippen LogP contribution in [0.4, 0.5) is 11.5 Å². The number of benzene rings is 2. The predicted molar refractivity (Wildman–Crippen MR) is 142 cm³/mol. The molecule has 2 aromatic heterocycles. The van der Waals surface area contributed by atoms with E-state index in [0.29, 0.717) is 18.0 Å². The average Bonchev–Trinajstić information content (AvgIpc) is 2.91. The van der Waals surface area contributed by atoms with Gasteiger partial charge in [0, 0.05) is 48.0 Å². The second kappa shape index (κ2) is 11.6. The SMILES string of the molecule is CC.O=c1cc(Nc2ccccc2)n(-c2ccccc2)c2c(CNC3CCCCC3)cncc12. The van der Waals surface area contributed by atoms with E-state index in [0.717, 1.165) is 28.3 Å². The summed E-state index contributed by atoms with van der Waals surface area (Å²) in [5.74, 6) is 0.741. The van der Waals surface area contributed by atoms with Gasteiger partial charge in [-0.25, -0.2) is 0 Å². The summed E-state index contributed by atoms with van der Waals surface area (Å²) in [5, 5.41) is 7.82. The smallest absolute Gasteiger partial charge is 0.193 e. The highest BCUT2D eigenvalue weighted by atomic mass is 16.1. The highest BCUT2D eigenvalue weighted by Gasteiger charge is 2.17. The number of aromatic nitrogens is 2. The number of pyridine rings is 2. The number of hydrogen-bond acceptors (Lipinski definition) is 4. The second-order valence-electron chi connectivity index (χ2n) is 8.47. The van der Waals surface area contributed by atoms with Crippen molar-refractivity contribution in [2.45, 2.75) is 58.5 Å². The Bertz CT molecular complexity index is 1250. The number of rotatable bonds is 6. The zero-order valence-corrected chi connectivity index (χ0v) is 20.1. The predicted octanol–water partition coefficient (Wildman–Crippen LogP) is 6.58.